The average Bonchev–Trinajstić information content (AvgIpc) is 3.00. The van der Waals surface area contributed by atoms with Gasteiger partial charge in [0, 0.05) is 10.9 Å². The molecule has 1 amide bonds. The Morgan fingerprint density at radius 2 is 1.92 bits per heavy atom. The maximum Gasteiger partial charge on any atom is 0.348 e. The number of hydrogen-bond acceptors (Lipinski definition) is 6. The molecule has 7 heteroatoms. The van der Waals surface area contributed by atoms with E-state index in [0.29, 0.717) is 22.1 Å². The Morgan fingerprint density at radius 3 is 2.52 bits per heavy atom. The van der Waals surface area contributed by atoms with Crippen LogP contribution >= 0.6 is 11.3 Å². The van der Waals surface area contributed by atoms with Crippen molar-refractivity contribution in [2.45, 2.75) is 20.3 Å². The number of amides is 1. The smallest absolute Gasteiger partial charge is 0.348 e. The molecule has 0 saturated heterocycles. The minimum Gasteiger partial charge on any atom is -0.497 e. The number of methoxy groups -OCH3 is 2. The number of benzene rings is 1. The van der Waals surface area contributed by atoms with E-state index in [1.807, 2.05) is 13.8 Å². The van der Waals surface area contributed by atoms with Gasteiger partial charge in [-0.15, -0.1) is 11.3 Å². The largest absolute Gasteiger partial charge is 0.497 e. The molecule has 2 aromatic rings. The maximum atomic E-state index is 12.1. The van der Waals surface area contributed by atoms with Crippen molar-refractivity contribution in [1.82, 2.24) is 0 Å². The summed E-state index contributed by atoms with van der Waals surface area (Å²) < 4.78 is 15.4. The Labute approximate surface area is 150 Å². The molecular formula is C18H21NO5S. The van der Waals surface area contributed by atoms with Crippen LogP contribution in [0, 0.1) is 6.92 Å². The molecule has 1 aromatic carbocycles. The SMILES string of the molecule is CCc1sc(C(=O)OCC(=O)Nc2ccc(OC)cc2OC)cc1C. The first-order valence-corrected chi connectivity index (χ1v) is 8.58. The number of carbonyl (C=O) groups excluding carboxylic acids is 2. The molecule has 134 valence electrons. The van der Waals surface area contributed by atoms with Gasteiger partial charge in [0.25, 0.3) is 5.91 Å². The van der Waals surface area contributed by atoms with Gasteiger partial charge in [-0.25, -0.2) is 4.79 Å². The van der Waals surface area contributed by atoms with Gasteiger partial charge in [-0.05, 0) is 37.1 Å². The van der Waals surface area contributed by atoms with Crippen LogP contribution in [0.15, 0.2) is 24.3 Å². The molecule has 0 atom stereocenters. The van der Waals surface area contributed by atoms with Crippen LogP contribution in [0.25, 0.3) is 0 Å². The molecule has 0 fully saturated rings. The standard InChI is InChI=1S/C18H21NO5S/c1-5-15-11(2)8-16(25-15)18(21)24-10-17(20)19-13-7-6-12(22-3)9-14(13)23-4/h6-9H,5,10H2,1-4H3,(H,19,20). The van der Waals surface area contributed by atoms with Crippen molar-refractivity contribution in [2.75, 3.05) is 26.1 Å². The molecule has 0 saturated carbocycles. The number of anilines is 1. The summed E-state index contributed by atoms with van der Waals surface area (Å²) in [7, 11) is 3.04. The first-order chi connectivity index (χ1) is 12.0. The summed E-state index contributed by atoms with van der Waals surface area (Å²) in [5, 5.41) is 2.65. The van der Waals surface area contributed by atoms with Gasteiger partial charge in [-0.2, -0.15) is 0 Å². The second-order valence-corrected chi connectivity index (χ2v) is 6.40. The molecule has 2 rings (SSSR count). The highest BCUT2D eigenvalue weighted by atomic mass is 32.1. The van der Waals surface area contributed by atoms with Gasteiger partial charge in [0.15, 0.2) is 6.61 Å². The highest BCUT2D eigenvalue weighted by Gasteiger charge is 2.15. The quantitative estimate of drug-likeness (QED) is 0.763. The van der Waals surface area contributed by atoms with E-state index in [0.717, 1.165) is 16.9 Å². The molecule has 0 aliphatic rings. The molecule has 0 bridgehead atoms. The van der Waals surface area contributed by atoms with Crippen LogP contribution in [0.5, 0.6) is 11.5 Å². The lowest BCUT2D eigenvalue weighted by Gasteiger charge is -2.11. The van der Waals surface area contributed by atoms with Crippen molar-refractivity contribution in [2.24, 2.45) is 0 Å². The summed E-state index contributed by atoms with van der Waals surface area (Å²) >= 11 is 1.39. The van der Waals surface area contributed by atoms with Crippen LogP contribution < -0.4 is 14.8 Å². The van der Waals surface area contributed by atoms with E-state index in [1.54, 1.807) is 31.4 Å². The topological polar surface area (TPSA) is 73.9 Å². The minimum absolute atomic E-state index is 0.369. The summed E-state index contributed by atoms with van der Waals surface area (Å²) in [6, 6.07) is 6.80. The summed E-state index contributed by atoms with van der Waals surface area (Å²) in [4.78, 5) is 25.7. The number of thiophene rings is 1. The molecule has 1 N–H and O–H groups in total. The van der Waals surface area contributed by atoms with Crippen molar-refractivity contribution in [3.63, 3.8) is 0 Å². The summed E-state index contributed by atoms with van der Waals surface area (Å²) in [5.41, 5.74) is 1.54. The third-order valence-corrected chi connectivity index (χ3v) is 4.92. The number of aryl methyl sites for hydroxylation is 2. The van der Waals surface area contributed by atoms with Gasteiger partial charge in [-0.3, -0.25) is 4.79 Å². The Morgan fingerprint density at radius 1 is 1.16 bits per heavy atom. The van der Waals surface area contributed by atoms with Gasteiger partial charge in [-0.1, -0.05) is 6.92 Å². The lowest BCUT2D eigenvalue weighted by atomic mass is 10.2. The Balaban J connectivity index is 1.95. The zero-order valence-electron chi connectivity index (χ0n) is 14.7. The van der Waals surface area contributed by atoms with Crippen molar-refractivity contribution in [3.05, 3.63) is 39.6 Å². The van der Waals surface area contributed by atoms with Crippen molar-refractivity contribution in [1.29, 1.82) is 0 Å². The molecule has 0 aliphatic heterocycles. The number of carbonyl (C=O) groups is 2. The second-order valence-electron chi connectivity index (χ2n) is 5.26. The second kappa shape index (κ2) is 8.53. The van der Waals surface area contributed by atoms with E-state index in [1.165, 1.54) is 18.4 Å². The van der Waals surface area contributed by atoms with Crippen LogP contribution in [0.4, 0.5) is 5.69 Å². The van der Waals surface area contributed by atoms with Gasteiger partial charge in [0.05, 0.1) is 19.9 Å². The molecule has 0 spiro atoms. The normalized spacial score (nSPS) is 10.2. The summed E-state index contributed by atoms with van der Waals surface area (Å²) in [6.07, 6.45) is 0.863. The van der Waals surface area contributed by atoms with E-state index >= 15 is 0 Å². The van der Waals surface area contributed by atoms with E-state index in [9.17, 15) is 9.59 Å². The van der Waals surface area contributed by atoms with Crippen LogP contribution in [0.3, 0.4) is 0 Å². The van der Waals surface area contributed by atoms with Crippen LogP contribution in [-0.2, 0) is 16.0 Å². The number of ether oxygens (including phenoxy) is 3. The molecular weight excluding hydrogens is 342 g/mol. The molecule has 0 unspecified atom stereocenters. The fraction of sp³-hybridized carbons (Fsp3) is 0.333. The Hall–Kier alpha value is -2.54. The Kier molecular flexibility index (Phi) is 6.41. The van der Waals surface area contributed by atoms with Crippen LogP contribution in [0.2, 0.25) is 0 Å². The molecule has 0 radical (unpaired) electrons. The Bertz CT molecular complexity index is 769. The first-order valence-electron chi connectivity index (χ1n) is 7.76. The predicted molar refractivity (Wildman–Crippen MR) is 96.9 cm³/mol. The molecule has 1 aromatic heterocycles. The lowest BCUT2D eigenvalue weighted by molar-refractivity contribution is -0.119. The third-order valence-electron chi connectivity index (χ3n) is 3.56. The summed E-state index contributed by atoms with van der Waals surface area (Å²) in [5.74, 6) is 0.132. The number of rotatable bonds is 7. The fourth-order valence-electron chi connectivity index (χ4n) is 2.26. The third kappa shape index (κ3) is 4.73. The fourth-order valence-corrected chi connectivity index (χ4v) is 3.27. The molecule has 25 heavy (non-hydrogen) atoms. The van der Waals surface area contributed by atoms with Gasteiger partial charge < -0.3 is 19.5 Å². The van der Waals surface area contributed by atoms with Gasteiger partial charge >= 0.3 is 5.97 Å². The predicted octanol–water partition coefficient (Wildman–Crippen LogP) is 3.43. The highest BCUT2D eigenvalue weighted by Crippen LogP contribution is 2.29. The van der Waals surface area contributed by atoms with Crippen molar-refractivity contribution >= 4 is 28.9 Å². The lowest BCUT2D eigenvalue weighted by Crippen LogP contribution is -2.21. The number of nitrogens with one attached hydrogen (secondary N) is 1. The molecule has 0 aliphatic carbocycles. The number of esters is 1. The highest BCUT2D eigenvalue weighted by molar-refractivity contribution is 7.14. The number of hydrogen-bond donors (Lipinski definition) is 1. The summed E-state index contributed by atoms with van der Waals surface area (Å²) in [6.45, 7) is 3.62. The average molecular weight is 363 g/mol. The van der Waals surface area contributed by atoms with Crippen LogP contribution in [-0.4, -0.2) is 32.7 Å². The van der Waals surface area contributed by atoms with E-state index in [4.69, 9.17) is 14.2 Å². The van der Waals surface area contributed by atoms with E-state index in [2.05, 4.69) is 5.32 Å². The molecule has 6 nitrogen and oxygen atoms in total. The van der Waals surface area contributed by atoms with E-state index in [-0.39, 0.29) is 6.61 Å². The monoisotopic (exact) mass is 363 g/mol. The first kappa shape index (κ1) is 18.8. The van der Waals surface area contributed by atoms with Gasteiger partial charge in [0.2, 0.25) is 0 Å². The van der Waals surface area contributed by atoms with Crippen LogP contribution in [0.1, 0.15) is 27.0 Å². The maximum absolute atomic E-state index is 12.1. The zero-order chi connectivity index (χ0) is 18.4. The minimum atomic E-state index is -0.496. The van der Waals surface area contributed by atoms with Gasteiger partial charge in [0.1, 0.15) is 16.4 Å². The zero-order valence-corrected chi connectivity index (χ0v) is 15.5. The van der Waals surface area contributed by atoms with E-state index < -0.39 is 11.9 Å². The van der Waals surface area contributed by atoms with Crippen molar-refractivity contribution in [3.8, 4) is 11.5 Å². The van der Waals surface area contributed by atoms with Crippen molar-refractivity contribution < 1.29 is 23.8 Å². The molecule has 1 heterocycles.